The summed E-state index contributed by atoms with van der Waals surface area (Å²) in [5.41, 5.74) is 20.0. The van der Waals surface area contributed by atoms with E-state index < -0.39 is 0 Å². The standard InChI is InChI=1S/C73H40N8/c1-45-34-58(78-4)28-29-59(45)60-20-10-22-70(80-66-30-24-52(48-14-6-12-46(35-48)43-74)39-61(66)63-41-54(26-32-67(63)80)50-16-8-18-56(37-50)76-2)72(60)73-65(79-5)21-11-23-71(73)81-68-31-25-53(49-15-7-13-47(36-49)44-75)40-62(68)64-42-55(27-33-69(64)81)51-17-9-19-57(38-51)77-3/h6-42H,1H3. The van der Waals surface area contributed by atoms with Gasteiger partial charge < -0.3 is 9.13 Å². The molecule has 81 heavy (non-hydrogen) atoms. The van der Waals surface area contributed by atoms with E-state index in [9.17, 15) is 10.5 Å². The normalized spacial score (nSPS) is 11.0. The smallest absolute Gasteiger partial charge is 0.197 e. The lowest BCUT2D eigenvalue weighted by atomic mass is 9.88. The van der Waals surface area contributed by atoms with Crippen LogP contribution in [0.3, 0.4) is 0 Å². The van der Waals surface area contributed by atoms with Crippen molar-refractivity contribution in [2.75, 3.05) is 0 Å². The summed E-state index contributed by atoms with van der Waals surface area (Å²) in [6.45, 7) is 34.6. The second kappa shape index (κ2) is 19.8. The molecule has 0 aliphatic heterocycles. The molecule has 13 aromatic rings. The molecule has 8 heteroatoms. The molecule has 11 aromatic carbocycles. The molecule has 0 fully saturated rings. The maximum absolute atomic E-state index is 9.94. The first kappa shape index (κ1) is 48.6. The van der Waals surface area contributed by atoms with Crippen molar-refractivity contribution in [1.29, 1.82) is 10.5 Å². The second-order valence-electron chi connectivity index (χ2n) is 19.9. The van der Waals surface area contributed by atoms with Gasteiger partial charge in [-0.05, 0) is 160 Å². The fourth-order valence-electron chi connectivity index (χ4n) is 11.6. The highest BCUT2D eigenvalue weighted by atomic mass is 15.0. The molecule has 8 nitrogen and oxygen atoms in total. The Bertz CT molecular complexity index is 4870. The van der Waals surface area contributed by atoms with Crippen LogP contribution in [0.1, 0.15) is 16.7 Å². The number of aromatic nitrogens is 2. The first-order chi connectivity index (χ1) is 39.8. The van der Waals surface area contributed by atoms with Crippen LogP contribution in [0.4, 0.5) is 22.7 Å². The summed E-state index contributed by atoms with van der Waals surface area (Å²) in [4.78, 5) is 15.6. The zero-order valence-corrected chi connectivity index (χ0v) is 43.4. The number of hydrogen-bond acceptors (Lipinski definition) is 2. The highest BCUT2D eigenvalue weighted by Crippen LogP contribution is 2.50. The van der Waals surface area contributed by atoms with Gasteiger partial charge in [0, 0.05) is 38.4 Å². The quantitative estimate of drug-likeness (QED) is 0.142. The average molecular weight is 1030 g/mol. The first-order valence-corrected chi connectivity index (χ1v) is 26.0. The van der Waals surface area contributed by atoms with Crippen LogP contribution in [0.2, 0.25) is 0 Å². The van der Waals surface area contributed by atoms with E-state index in [1.807, 2.05) is 122 Å². The minimum atomic E-state index is 0.437. The fourth-order valence-corrected chi connectivity index (χ4v) is 11.6. The molecule has 0 saturated heterocycles. The van der Waals surface area contributed by atoms with Gasteiger partial charge in [-0.25, -0.2) is 19.4 Å². The number of rotatable bonds is 8. The van der Waals surface area contributed by atoms with E-state index in [0.29, 0.717) is 39.4 Å². The lowest BCUT2D eigenvalue weighted by Crippen LogP contribution is -2.04. The van der Waals surface area contributed by atoms with Crippen LogP contribution in [0.15, 0.2) is 224 Å². The maximum atomic E-state index is 9.94. The van der Waals surface area contributed by atoms with E-state index in [4.69, 9.17) is 26.3 Å². The molecule has 0 unspecified atom stereocenters. The van der Waals surface area contributed by atoms with Gasteiger partial charge in [-0.3, -0.25) is 0 Å². The molecule has 2 aromatic heterocycles. The van der Waals surface area contributed by atoms with Crippen LogP contribution < -0.4 is 0 Å². The zero-order valence-electron chi connectivity index (χ0n) is 43.4. The lowest BCUT2D eigenvalue weighted by Gasteiger charge is -2.23. The molecule has 0 saturated carbocycles. The topological polar surface area (TPSA) is 74.9 Å². The number of nitriles is 2. The van der Waals surface area contributed by atoms with Crippen molar-refractivity contribution in [2.24, 2.45) is 0 Å². The van der Waals surface area contributed by atoms with Crippen molar-refractivity contribution in [3.05, 3.63) is 287 Å². The molecule has 13 rings (SSSR count). The first-order valence-electron chi connectivity index (χ1n) is 26.0. The number of benzene rings is 11. The summed E-state index contributed by atoms with van der Waals surface area (Å²) in [5.74, 6) is 0. The monoisotopic (exact) mass is 1030 g/mol. The van der Waals surface area contributed by atoms with Crippen LogP contribution in [0.5, 0.6) is 0 Å². The molecule has 0 aliphatic carbocycles. The van der Waals surface area contributed by atoms with Crippen molar-refractivity contribution in [2.45, 2.75) is 6.92 Å². The Kier molecular flexibility index (Phi) is 11.9. The van der Waals surface area contributed by atoms with Crippen molar-refractivity contribution < 1.29 is 0 Å². The maximum Gasteiger partial charge on any atom is 0.197 e. The van der Waals surface area contributed by atoms with E-state index in [2.05, 4.69) is 138 Å². The molecule has 0 atom stereocenters. The molecule has 0 radical (unpaired) electrons. The molecule has 0 aliphatic rings. The summed E-state index contributed by atoms with van der Waals surface area (Å²) in [7, 11) is 0. The Morgan fingerprint density at radius 2 is 0.716 bits per heavy atom. The van der Waals surface area contributed by atoms with Crippen LogP contribution in [-0.2, 0) is 0 Å². The van der Waals surface area contributed by atoms with Gasteiger partial charge >= 0.3 is 0 Å². The molecular formula is C73H40N8. The molecule has 0 N–H and O–H groups in total. The molecule has 0 bridgehead atoms. The Labute approximate surface area is 467 Å². The van der Waals surface area contributed by atoms with Crippen molar-refractivity contribution in [3.63, 3.8) is 0 Å². The van der Waals surface area contributed by atoms with Gasteiger partial charge in [0.15, 0.2) is 22.7 Å². The van der Waals surface area contributed by atoms with E-state index in [1.54, 1.807) is 12.1 Å². The van der Waals surface area contributed by atoms with Gasteiger partial charge in [-0.2, -0.15) is 10.5 Å². The molecule has 0 amide bonds. The number of fused-ring (bicyclic) bond motifs is 6. The van der Waals surface area contributed by atoms with E-state index >= 15 is 0 Å². The average Bonchev–Trinajstić information content (AvgIpc) is 4.14. The summed E-state index contributed by atoms with van der Waals surface area (Å²) >= 11 is 0. The predicted molar refractivity (Wildman–Crippen MR) is 327 cm³/mol. The molecule has 372 valence electrons. The predicted octanol–water partition coefficient (Wildman–Crippen LogP) is 20.1. The van der Waals surface area contributed by atoms with Crippen LogP contribution in [0, 0.1) is 55.9 Å². The number of aryl methyl sites for hydroxylation is 1. The van der Waals surface area contributed by atoms with Gasteiger partial charge in [0.05, 0.1) is 77.3 Å². The zero-order chi connectivity index (χ0) is 55.3. The van der Waals surface area contributed by atoms with E-state index in [-0.39, 0.29) is 0 Å². The summed E-state index contributed by atoms with van der Waals surface area (Å²) in [6, 6.07) is 78.8. The third-order valence-electron chi connectivity index (χ3n) is 15.3. The van der Waals surface area contributed by atoms with Gasteiger partial charge in [-0.15, -0.1) is 0 Å². The highest BCUT2D eigenvalue weighted by Gasteiger charge is 2.27. The summed E-state index contributed by atoms with van der Waals surface area (Å²) in [5, 5.41) is 23.7. The SMILES string of the molecule is [C-]#[N+]c1cccc(-c2ccc3c(c2)c2cc(-c4cccc(C#N)c4)ccc2n3-c2cccc([N+]#[C-])c2-c2c(-c3ccc([N+]#[C-])cc3C)cccc2-n2c3ccc(-c4cccc(C#N)c4)cc3c3cc(-c4cccc([N+]#[C-])c4)ccc32)c1. The number of hydrogen-bond donors (Lipinski definition) is 0. The van der Waals surface area contributed by atoms with E-state index in [0.717, 1.165) is 122 Å². The van der Waals surface area contributed by atoms with Crippen LogP contribution >= 0.6 is 0 Å². The van der Waals surface area contributed by atoms with Crippen LogP contribution in [0.25, 0.3) is 141 Å². The second-order valence-corrected chi connectivity index (χ2v) is 19.9. The Morgan fingerprint density at radius 1 is 0.333 bits per heavy atom. The highest BCUT2D eigenvalue weighted by molar-refractivity contribution is 6.15. The largest absolute Gasteiger partial charge is 0.310 e. The Morgan fingerprint density at radius 3 is 1.14 bits per heavy atom. The minimum Gasteiger partial charge on any atom is -0.310 e. The van der Waals surface area contributed by atoms with Crippen molar-refractivity contribution in [1.82, 2.24) is 9.13 Å². The van der Waals surface area contributed by atoms with Gasteiger partial charge in [0.1, 0.15) is 0 Å². The summed E-state index contributed by atoms with van der Waals surface area (Å²) < 4.78 is 4.55. The lowest BCUT2D eigenvalue weighted by molar-refractivity contribution is 1.16. The van der Waals surface area contributed by atoms with Crippen molar-refractivity contribution >= 4 is 66.4 Å². The van der Waals surface area contributed by atoms with E-state index in [1.165, 1.54) is 0 Å². The Hall–Kier alpha value is -12.0. The van der Waals surface area contributed by atoms with Crippen molar-refractivity contribution in [3.8, 4) is 90.3 Å². The van der Waals surface area contributed by atoms with Gasteiger partial charge in [0.2, 0.25) is 0 Å². The van der Waals surface area contributed by atoms with Crippen LogP contribution in [-0.4, -0.2) is 9.13 Å². The van der Waals surface area contributed by atoms with Gasteiger partial charge in [-0.1, -0.05) is 133 Å². The molecule has 0 spiro atoms. The number of nitrogens with zero attached hydrogens (tertiary/aromatic N) is 8. The summed E-state index contributed by atoms with van der Waals surface area (Å²) in [6.07, 6.45) is 0. The third-order valence-corrected chi connectivity index (χ3v) is 15.3. The Balaban J connectivity index is 1.14. The molecular weight excluding hydrogens is 989 g/mol. The molecule has 2 heterocycles. The third kappa shape index (κ3) is 8.28. The fraction of sp³-hybridized carbons (Fsp3) is 0.0137. The van der Waals surface area contributed by atoms with Gasteiger partial charge in [0.25, 0.3) is 0 Å². The minimum absolute atomic E-state index is 0.437.